The SMILES string of the molecule is CC(O)(CNC(=O)[C@@H]1CSC(=O)N1)C(=O)O. The van der Waals surface area contributed by atoms with E-state index in [1.165, 1.54) is 0 Å². The third kappa shape index (κ3) is 3.11. The van der Waals surface area contributed by atoms with Crippen molar-refractivity contribution in [2.45, 2.75) is 18.6 Å². The first-order valence-corrected chi connectivity index (χ1v) is 5.48. The molecule has 90 valence electrons. The van der Waals surface area contributed by atoms with Crippen molar-refractivity contribution in [3.8, 4) is 0 Å². The molecule has 16 heavy (non-hydrogen) atoms. The summed E-state index contributed by atoms with van der Waals surface area (Å²) in [4.78, 5) is 32.7. The van der Waals surface area contributed by atoms with Gasteiger partial charge in [-0.1, -0.05) is 11.8 Å². The van der Waals surface area contributed by atoms with Gasteiger partial charge in [0.05, 0.1) is 6.54 Å². The Kier molecular flexibility index (Phi) is 3.76. The van der Waals surface area contributed by atoms with Gasteiger partial charge in [-0.2, -0.15) is 0 Å². The van der Waals surface area contributed by atoms with E-state index in [0.29, 0.717) is 5.75 Å². The van der Waals surface area contributed by atoms with E-state index in [9.17, 15) is 19.5 Å². The Bertz CT molecular complexity index is 330. The molecule has 2 atom stereocenters. The van der Waals surface area contributed by atoms with Crippen LogP contribution in [0.1, 0.15) is 6.92 Å². The van der Waals surface area contributed by atoms with Gasteiger partial charge in [-0.3, -0.25) is 9.59 Å². The van der Waals surface area contributed by atoms with E-state index in [1.807, 2.05) is 0 Å². The lowest BCUT2D eigenvalue weighted by Gasteiger charge is -2.19. The molecule has 0 bridgehead atoms. The van der Waals surface area contributed by atoms with Gasteiger partial charge in [-0.05, 0) is 6.92 Å². The first kappa shape index (κ1) is 12.8. The van der Waals surface area contributed by atoms with Crippen molar-refractivity contribution in [3.05, 3.63) is 0 Å². The summed E-state index contributed by atoms with van der Waals surface area (Å²) in [6.07, 6.45) is 0. The number of carbonyl (C=O) groups is 3. The maximum atomic E-state index is 11.4. The maximum absolute atomic E-state index is 11.4. The molecule has 4 N–H and O–H groups in total. The van der Waals surface area contributed by atoms with Gasteiger partial charge in [0.25, 0.3) is 5.24 Å². The van der Waals surface area contributed by atoms with Crippen LogP contribution in [0.5, 0.6) is 0 Å². The molecule has 1 rings (SSSR count). The molecule has 0 radical (unpaired) electrons. The third-order valence-electron chi connectivity index (χ3n) is 2.06. The highest BCUT2D eigenvalue weighted by Crippen LogP contribution is 2.13. The van der Waals surface area contributed by atoms with Gasteiger partial charge >= 0.3 is 5.97 Å². The van der Waals surface area contributed by atoms with Gasteiger partial charge in [0.2, 0.25) is 5.91 Å². The average Bonchev–Trinajstić information content (AvgIpc) is 2.61. The van der Waals surface area contributed by atoms with Crippen LogP contribution >= 0.6 is 11.8 Å². The summed E-state index contributed by atoms with van der Waals surface area (Å²) in [6.45, 7) is 0.676. The molecule has 2 amide bonds. The smallest absolute Gasteiger partial charge is 0.337 e. The second-order valence-corrected chi connectivity index (χ2v) is 4.58. The Morgan fingerprint density at radius 1 is 1.69 bits per heavy atom. The number of aliphatic carboxylic acids is 1. The zero-order chi connectivity index (χ0) is 12.3. The van der Waals surface area contributed by atoms with E-state index in [1.54, 1.807) is 0 Å². The second kappa shape index (κ2) is 4.71. The van der Waals surface area contributed by atoms with Gasteiger partial charge in [-0.15, -0.1) is 0 Å². The average molecular weight is 248 g/mol. The van der Waals surface area contributed by atoms with Crippen molar-refractivity contribution in [2.75, 3.05) is 12.3 Å². The van der Waals surface area contributed by atoms with E-state index in [-0.39, 0.29) is 5.24 Å². The lowest BCUT2D eigenvalue weighted by Crippen LogP contribution is -2.51. The van der Waals surface area contributed by atoms with Crippen molar-refractivity contribution in [2.24, 2.45) is 0 Å². The number of amides is 2. The highest BCUT2D eigenvalue weighted by molar-refractivity contribution is 8.14. The van der Waals surface area contributed by atoms with Crippen LogP contribution in [0.2, 0.25) is 0 Å². The van der Waals surface area contributed by atoms with Crippen LogP contribution < -0.4 is 10.6 Å². The van der Waals surface area contributed by atoms with Gasteiger partial charge < -0.3 is 20.8 Å². The maximum Gasteiger partial charge on any atom is 0.337 e. The van der Waals surface area contributed by atoms with Gasteiger partial charge in [-0.25, -0.2) is 4.79 Å². The van der Waals surface area contributed by atoms with E-state index in [0.717, 1.165) is 18.7 Å². The van der Waals surface area contributed by atoms with E-state index in [4.69, 9.17) is 5.11 Å². The molecule has 1 saturated heterocycles. The van der Waals surface area contributed by atoms with Gasteiger partial charge in [0.15, 0.2) is 5.60 Å². The van der Waals surface area contributed by atoms with Crippen LogP contribution in [0.15, 0.2) is 0 Å². The first-order valence-electron chi connectivity index (χ1n) is 4.50. The Labute approximate surface area is 95.6 Å². The molecule has 8 heteroatoms. The standard InChI is InChI=1S/C8H12N2O5S/c1-8(15,6(12)13)3-9-5(11)4-2-16-7(14)10-4/h4,15H,2-3H2,1H3,(H,9,11)(H,10,14)(H,12,13)/t4-,8?/m0/s1. The Balaban J connectivity index is 2.41. The summed E-state index contributed by atoms with van der Waals surface area (Å²) in [5.74, 6) is -1.61. The normalized spacial score (nSPS) is 23.4. The summed E-state index contributed by atoms with van der Waals surface area (Å²) in [5, 5.41) is 22.3. The molecule has 1 aliphatic heterocycles. The van der Waals surface area contributed by atoms with Crippen LogP contribution in [-0.4, -0.2) is 51.3 Å². The minimum absolute atomic E-state index is 0.287. The second-order valence-electron chi connectivity index (χ2n) is 3.59. The molecule has 0 aliphatic carbocycles. The fraction of sp³-hybridized carbons (Fsp3) is 0.625. The molecule has 1 heterocycles. The summed E-state index contributed by atoms with van der Waals surface area (Å²) < 4.78 is 0. The number of nitrogens with one attached hydrogen (secondary N) is 2. The van der Waals surface area contributed by atoms with Crippen molar-refractivity contribution in [1.82, 2.24) is 10.6 Å². The summed E-state index contributed by atoms with van der Waals surface area (Å²) in [5.41, 5.74) is -2.01. The zero-order valence-electron chi connectivity index (χ0n) is 8.52. The minimum Gasteiger partial charge on any atom is -0.479 e. The van der Waals surface area contributed by atoms with Crippen molar-refractivity contribution in [1.29, 1.82) is 0 Å². The molecule has 0 saturated carbocycles. The van der Waals surface area contributed by atoms with E-state index >= 15 is 0 Å². The lowest BCUT2D eigenvalue weighted by molar-refractivity contribution is -0.156. The van der Waals surface area contributed by atoms with E-state index in [2.05, 4.69) is 10.6 Å². The van der Waals surface area contributed by atoms with Crippen LogP contribution in [0, 0.1) is 0 Å². The fourth-order valence-corrected chi connectivity index (χ4v) is 1.76. The highest BCUT2D eigenvalue weighted by atomic mass is 32.2. The summed E-state index contributed by atoms with van der Waals surface area (Å²) in [7, 11) is 0. The number of hydrogen-bond acceptors (Lipinski definition) is 5. The minimum atomic E-state index is -2.01. The number of carboxylic acids is 1. The Morgan fingerprint density at radius 3 is 2.75 bits per heavy atom. The fourth-order valence-electron chi connectivity index (χ4n) is 0.984. The molecular formula is C8H12N2O5S. The molecule has 0 aromatic rings. The van der Waals surface area contributed by atoms with Crippen LogP contribution in [0.25, 0.3) is 0 Å². The molecular weight excluding hydrogens is 236 g/mol. The van der Waals surface area contributed by atoms with Crippen LogP contribution in [0.4, 0.5) is 4.79 Å². The van der Waals surface area contributed by atoms with Crippen LogP contribution in [0.3, 0.4) is 0 Å². The topological polar surface area (TPSA) is 116 Å². The largest absolute Gasteiger partial charge is 0.479 e. The van der Waals surface area contributed by atoms with Crippen LogP contribution in [-0.2, 0) is 9.59 Å². The number of aliphatic hydroxyl groups is 1. The monoisotopic (exact) mass is 248 g/mol. The zero-order valence-corrected chi connectivity index (χ0v) is 9.34. The van der Waals surface area contributed by atoms with Crippen molar-refractivity contribution < 1.29 is 24.6 Å². The van der Waals surface area contributed by atoms with Gasteiger partial charge in [0.1, 0.15) is 6.04 Å². The highest BCUT2D eigenvalue weighted by Gasteiger charge is 2.33. The number of thioether (sulfide) groups is 1. The summed E-state index contributed by atoms with van der Waals surface area (Å²) in [6, 6.07) is -0.665. The Morgan fingerprint density at radius 2 is 2.31 bits per heavy atom. The molecule has 7 nitrogen and oxygen atoms in total. The summed E-state index contributed by atoms with van der Waals surface area (Å²) >= 11 is 0.984. The van der Waals surface area contributed by atoms with Gasteiger partial charge in [0, 0.05) is 5.75 Å². The number of carbonyl (C=O) groups excluding carboxylic acids is 2. The molecule has 0 spiro atoms. The molecule has 1 unspecified atom stereocenters. The predicted molar refractivity (Wildman–Crippen MR) is 56.0 cm³/mol. The number of carboxylic acid groups (broad SMARTS) is 1. The molecule has 1 aliphatic rings. The molecule has 1 fully saturated rings. The quantitative estimate of drug-likeness (QED) is 0.495. The predicted octanol–water partition coefficient (Wildman–Crippen LogP) is -1.24. The lowest BCUT2D eigenvalue weighted by atomic mass is 10.1. The van der Waals surface area contributed by atoms with Crippen molar-refractivity contribution in [3.63, 3.8) is 0 Å². The number of rotatable bonds is 4. The third-order valence-corrected chi connectivity index (χ3v) is 2.94. The first-order chi connectivity index (χ1) is 7.33. The Hall–Kier alpha value is -1.28. The van der Waals surface area contributed by atoms with Crippen molar-refractivity contribution >= 4 is 28.9 Å². The molecule has 0 aromatic carbocycles. The number of hydrogen-bond donors (Lipinski definition) is 4. The molecule has 0 aromatic heterocycles. The van der Waals surface area contributed by atoms with E-state index < -0.39 is 30.1 Å².